The summed E-state index contributed by atoms with van der Waals surface area (Å²) in [5.74, 6) is 0. The Hall–Kier alpha value is 0.135. The summed E-state index contributed by atoms with van der Waals surface area (Å²) in [6, 6.07) is 0. The molecule has 0 aliphatic rings. The first-order valence-corrected chi connectivity index (χ1v) is 5.32. The van der Waals surface area contributed by atoms with Gasteiger partial charge in [0.15, 0.2) is 0 Å². The Morgan fingerprint density at radius 3 is 2.50 bits per heavy atom. The molecule has 0 bridgehead atoms. The van der Waals surface area contributed by atoms with Crippen molar-refractivity contribution < 1.29 is 9.72 Å². The maximum Gasteiger partial charge on any atom is 0.334 e. The first-order valence-electron chi connectivity index (χ1n) is 3.17. The van der Waals surface area contributed by atoms with E-state index < -0.39 is 4.90 Å². The highest BCUT2D eigenvalue weighted by Gasteiger charge is 2.11. The van der Waals surface area contributed by atoms with Crippen molar-refractivity contribution in [2.45, 2.75) is 17.7 Å². The van der Waals surface area contributed by atoms with Crippen LogP contribution >= 0.6 is 0 Å². The highest BCUT2D eigenvalue weighted by Crippen LogP contribution is 1.95. The van der Waals surface area contributed by atoms with Gasteiger partial charge in [0, 0.05) is 16.0 Å². The highest BCUT2D eigenvalue weighted by molar-refractivity contribution is 6.57. The molecular weight excluding hydrogens is 164 g/mol. The molecule has 4 nitrogen and oxygen atoms in total. The van der Waals surface area contributed by atoms with Gasteiger partial charge in [-0.1, -0.05) is 0 Å². The molecule has 0 N–H and O–H groups in total. The molecule has 1 unspecified atom stereocenters. The van der Waals surface area contributed by atoms with Gasteiger partial charge in [-0.3, -0.25) is 10.1 Å². The molecule has 0 radical (unpaired) electrons. The lowest BCUT2D eigenvalue weighted by molar-refractivity contribution is -0.499. The average molecular weight is 173 g/mol. The lowest BCUT2D eigenvalue weighted by atomic mass is 10.3. The molecule has 0 spiro atoms. The zero-order valence-electron chi connectivity index (χ0n) is 6.16. The fourth-order valence-electron chi connectivity index (χ4n) is 0.518. The van der Waals surface area contributed by atoms with Gasteiger partial charge in [0.2, 0.25) is 0 Å². The molecule has 6 heteroatoms. The van der Waals surface area contributed by atoms with Crippen LogP contribution in [0, 0.1) is 10.1 Å². The zero-order chi connectivity index (χ0) is 8.15. The van der Waals surface area contributed by atoms with Crippen molar-refractivity contribution in [1.29, 1.82) is 0 Å². The third-order valence-electron chi connectivity index (χ3n) is 1.27. The predicted molar refractivity (Wildman–Crippen MR) is 42.1 cm³/mol. The molecule has 0 saturated carbocycles. The van der Waals surface area contributed by atoms with Gasteiger partial charge >= 0.3 is 32.6 Å². The van der Waals surface area contributed by atoms with Crippen molar-refractivity contribution in [1.82, 2.24) is 0 Å². The third-order valence-corrected chi connectivity index (χ3v) is 2.77. The Bertz CT molecular complexity index is 149. The van der Waals surface area contributed by atoms with E-state index in [9.17, 15) is 14.9 Å². The van der Waals surface area contributed by atoms with E-state index in [2.05, 4.69) is 0 Å². The lowest BCUT2D eigenvalue weighted by Gasteiger charge is -2.00. The maximum absolute atomic E-state index is 10.4. The molecule has 0 aromatic rings. The first kappa shape index (κ1) is 10.1. The van der Waals surface area contributed by atoms with Gasteiger partial charge in [-0.25, -0.2) is 0 Å². The fourth-order valence-corrected chi connectivity index (χ4v) is 1.09. The van der Waals surface area contributed by atoms with Gasteiger partial charge in [0.05, 0.1) is 0 Å². The Morgan fingerprint density at radius 1 is 1.70 bits per heavy atom. The van der Waals surface area contributed by atoms with Gasteiger partial charge in [-0.15, -0.1) is 0 Å². The normalized spacial score (nSPS) is 12.4. The maximum atomic E-state index is 10.4. The van der Waals surface area contributed by atoms with Crippen LogP contribution in [0.25, 0.3) is 0 Å². The van der Waals surface area contributed by atoms with E-state index in [0.29, 0.717) is 45.4 Å². The topological polar surface area (TPSA) is 60.2 Å². The van der Waals surface area contributed by atoms with Crippen molar-refractivity contribution in [3.8, 4) is 0 Å². The summed E-state index contributed by atoms with van der Waals surface area (Å²) in [6.45, 7) is 0. The second kappa shape index (κ2) is 4.88. The first-order chi connectivity index (χ1) is 4.54. The van der Waals surface area contributed by atoms with Gasteiger partial charge < -0.3 is 4.79 Å². The van der Waals surface area contributed by atoms with Crippen molar-refractivity contribution in [3.05, 3.63) is 10.1 Å². The molecule has 0 saturated heterocycles. The van der Waals surface area contributed by atoms with Crippen LogP contribution in [-0.2, 0) is 4.79 Å². The zero-order valence-corrected chi connectivity index (χ0v) is 10.2. The van der Waals surface area contributed by atoms with E-state index in [4.69, 9.17) is 0 Å². The molecule has 10 heavy (non-hydrogen) atoms. The molecule has 1 atom stereocenters. The summed E-state index contributed by atoms with van der Waals surface area (Å²) in [7, 11) is 0. The largest absolute Gasteiger partial charge is 0.334 e. The molecule has 0 aromatic carbocycles. The van der Waals surface area contributed by atoms with Gasteiger partial charge in [-0.05, 0) is 6.42 Å². The van der Waals surface area contributed by atoms with Crippen LogP contribution in [0.3, 0.4) is 0 Å². The Morgan fingerprint density at radius 2 is 2.20 bits per heavy atom. The smallest absolute Gasteiger partial charge is 0.322 e. The van der Waals surface area contributed by atoms with E-state index in [-0.39, 0.29) is 9.57 Å². The van der Waals surface area contributed by atoms with Crippen molar-refractivity contribution in [3.63, 3.8) is 0 Å². The molecule has 0 fully saturated rings. The number of hydrogen-bond donors (Lipinski definition) is 0. The summed E-state index contributed by atoms with van der Waals surface area (Å²) in [5.41, 5.74) is 0. The quantitative estimate of drug-likeness (QED) is 0.285. The van der Waals surface area contributed by atoms with Crippen LogP contribution in [0.4, 0.5) is 0 Å². The second-order valence-corrected chi connectivity index (χ2v) is 4.82. The third kappa shape index (κ3) is 4.96. The minimum Gasteiger partial charge on any atom is -0.322 e. The molecule has 0 aromatic heterocycles. The number of nitrogens with zero attached hydrogens (tertiary/aromatic N) is 1. The average Bonchev–Trinajstić information content (AvgIpc) is 1.82. The molecular formula is C4H9Al2NO3. The Balaban J connectivity index is 3.49. The second-order valence-electron chi connectivity index (χ2n) is 2.38. The summed E-state index contributed by atoms with van der Waals surface area (Å²) in [4.78, 5) is 19.8. The Kier molecular flexibility index (Phi) is 4.94. The number of carbonyl (C=O) groups excluding carboxylic acids is 1. The minimum atomic E-state index is -0.433. The van der Waals surface area contributed by atoms with Crippen molar-refractivity contribution in [2.24, 2.45) is 0 Å². The van der Waals surface area contributed by atoms with Crippen LogP contribution < -0.4 is 0 Å². The molecule has 54 valence electrons. The molecule has 0 aliphatic heterocycles. The molecule has 0 rings (SSSR count). The number of rotatable bonds is 4. The van der Waals surface area contributed by atoms with Gasteiger partial charge in [0.25, 0.3) is 0 Å². The van der Waals surface area contributed by atoms with Crippen LogP contribution in [0.5, 0.6) is 0 Å². The van der Waals surface area contributed by atoms with Crippen molar-refractivity contribution >= 4 is 37.2 Å². The monoisotopic (exact) mass is 173 g/mol. The molecule has 0 aliphatic carbocycles. The number of carbonyl (C=O) groups is 1. The summed E-state index contributed by atoms with van der Waals surface area (Å²) >= 11 is 1.07. The van der Waals surface area contributed by atoms with Gasteiger partial charge in [0.1, 0.15) is 4.90 Å². The fraction of sp³-hybridized carbons (Fsp3) is 0.750. The molecule has 0 amide bonds. The SMILES string of the molecule is O=[C]([AlH2])CC[CH]([AlH2])[N+](=O)[O-]. The highest BCUT2D eigenvalue weighted by atomic mass is 27.1. The number of hydrogen-bond acceptors (Lipinski definition) is 3. The van der Waals surface area contributed by atoms with Crippen molar-refractivity contribution in [2.75, 3.05) is 0 Å². The van der Waals surface area contributed by atoms with E-state index in [1.165, 1.54) is 0 Å². The van der Waals surface area contributed by atoms with E-state index in [0.717, 1.165) is 0 Å². The molecule has 0 heterocycles. The number of nitro groups is 1. The minimum absolute atomic E-state index is 0.169. The summed E-state index contributed by atoms with van der Waals surface area (Å²) in [6.07, 6.45) is 0.850. The van der Waals surface area contributed by atoms with Gasteiger partial charge in [-0.2, -0.15) is 0 Å². The lowest BCUT2D eigenvalue weighted by Crippen LogP contribution is -2.20. The van der Waals surface area contributed by atoms with Crippen LogP contribution in [0.15, 0.2) is 0 Å². The standard InChI is InChI=1S/C4H5NO3.2Al.4H/c6-4-2-1-3-5(7)8;;;;;;/h3H,1-2H2;;;;;;. The van der Waals surface area contributed by atoms with E-state index in [1.807, 2.05) is 0 Å². The van der Waals surface area contributed by atoms with Crippen LogP contribution in [-0.4, -0.2) is 47.1 Å². The summed E-state index contributed by atoms with van der Waals surface area (Å²) in [5, 5.41) is 10.1. The predicted octanol–water partition coefficient (Wildman–Crippen LogP) is -1.84. The van der Waals surface area contributed by atoms with Crippen LogP contribution in [0.1, 0.15) is 12.8 Å². The van der Waals surface area contributed by atoms with Crippen LogP contribution in [0.2, 0.25) is 0 Å². The Labute approximate surface area is 75.0 Å². The van der Waals surface area contributed by atoms with E-state index in [1.54, 1.807) is 0 Å². The summed E-state index contributed by atoms with van der Waals surface area (Å²) < 4.78 is 0.169. The van der Waals surface area contributed by atoms with E-state index >= 15 is 0 Å².